The van der Waals surface area contributed by atoms with E-state index >= 15 is 0 Å². The summed E-state index contributed by atoms with van der Waals surface area (Å²) in [5.41, 5.74) is 0.917. The number of carbonyl (C=O) groups is 1. The van der Waals surface area contributed by atoms with Crippen LogP contribution in [0.25, 0.3) is 0 Å². The van der Waals surface area contributed by atoms with Crippen molar-refractivity contribution < 1.29 is 19.1 Å². The minimum absolute atomic E-state index is 0.0647. The Morgan fingerprint density at radius 3 is 2.33 bits per heavy atom. The topological polar surface area (TPSA) is 55.8 Å². The van der Waals surface area contributed by atoms with E-state index in [-0.39, 0.29) is 23.0 Å². The van der Waals surface area contributed by atoms with Crippen LogP contribution in [-0.4, -0.2) is 32.6 Å². The zero-order valence-corrected chi connectivity index (χ0v) is 18.9. The molecule has 1 unspecified atom stereocenters. The van der Waals surface area contributed by atoms with Gasteiger partial charge < -0.3 is 14.3 Å². The average Bonchev–Trinajstić information content (AvgIpc) is 2.60. The molecule has 3 atom stereocenters. The summed E-state index contributed by atoms with van der Waals surface area (Å²) in [5, 5.41) is 10.7. The van der Waals surface area contributed by atoms with Gasteiger partial charge in [0.05, 0.1) is 19.3 Å². The first-order valence-electron chi connectivity index (χ1n) is 9.63. The summed E-state index contributed by atoms with van der Waals surface area (Å²) >= 11 is 0. The van der Waals surface area contributed by atoms with Crippen LogP contribution < -0.4 is 0 Å². The van der Waals surface area contributed by atoms with Gasteiger partial charge in [0.25, 0.3) is 0 Å². The summed E-state index contributed by atoms with van der Waals surface area (Å²) in [4.78, 5) is 11.4. The largest absolute Gasteiger partial charge is 0.466 e. The second-order valence-corrected chi connectivity index (χ2v) is 13.5. The number of benzene rings is 1. The fourth-order valence-electron chi connectivity index (χ4n) is 2.63. The highest BCUT2D eigenvalue weighted by atomic mass is 28.4. The van der Waals surface area contributed by atoms with Gasteiger partial charge in [-0.15, -0.1) is 0 Å². The molecule has 0 aliphatic rings. The van der Waals surface area contributed by atoms with E-state index < -0.39 is 14.4 Å². The highest BCUT2D eigenvalue weighted by Crippen LogP contribution is 2.39. The van der Waals surface area contributed by atoms with E-state index in [1.165, 1.54) is 13.2 Å². The Morgan fingerprint density at radius 1 is 1.22 bits per heavy atom. The summed E-state index contributed by atoms with van der Waals surface area (Å²) in [5.74, 6) is -0.227. The first kappa shape index (κ1) is 23.6. The van der Waals surface area contributed by atoms with E-state index in [4.69, 9.17) is 4.43 Å². The molecule has 0 saturated carbocycles. The van der Waals surface area contributed by atoms with E-state index in [1.54, 1.807) is 0 Å². The van der Waals surface area contributed by atoms with Gasteiger partial charge in [-0.25, -0.2) is 4.79 Å². The molecule has 0 aliphatic carbocycles. The molecule has 0 radical (unpaired) electrons. The molecule has 4 nitrogen and oxygen atoms in total. The molecule has 0 fully saturated rings. The predicted molar refractivity (Wildman–Crippen MR) is 113 cm³/mol. The molecular formula is C22H36O4Si. The van der Waals surface area contributed by atoms with Gasteiger partial charge in [0.1, 0.15) is 0 Å². The third-order valence-corrected chi connectivity index (χ3v) is 9.99. The molecule has 1 rings (SSSR count). The normalized spacial score (nSPS) is 16.1. The summed E-state index contributed by atoms with van der Waals surface area (Å²) in [6.07, 6.45) is 3.89. The Labute approximate surface area is 165 Å². The van der Waals surface area contributed by atoms with Crippen LogP contribution in [0.15, 0.2) is 42.5 Å². The molecule has 152 valence electrons. The van der Waals surface area contributed by atoms with Crippen LogP contribution in [0.5, 0.6) is 0 Å². The van der Waals surface area contributed by atoms with Crippen molar-refractivity contribution in [2.24, 2.45) is 5.92 Å². The monoisotopic (exact) mass is 392 g/mol. The lowest BCUT2D eigenvalue weighted by Crippen LogP contribution is -2.45. The average molecular weight is 393 g/mol. The minimum atomic E-state index is -1.98. The highest BCUT2D eigenvalue weighted by Gasteiger charge is 2.40. The zero-order chi connectivity index (χ0) is 20.7. The van der Waals surface area contributed by atoms with E-state index in [0.29, 0.717) is 12.8 Å². The molecule has 1 N–H and O–H groups in total. The maximum atomic E-state index is 11.4. The second kappa shape index (κ2) is 10.2. The Kier molecular flexibility index (Phi) is 8.92. The molecule has 0 heterocycles. The third-order valence-electron chi connectivity index (χ3n) is 5.49. The van der Waals surface area contributed by atoms with Crippen molar-refractivity contribution >= 4 is 14.3 Å². The minimum Gasteiger partial charge on any atom is -0.466 e. The molecule has 0 aromatic heterocycles. The van der Waals surface area contributed by atoms with Gasteiger partial charge in [-0.05, 0) is 42.5 Å². The summed E-state index contributed by atoms with van der Waals surface area (Å²) in [6.45, 7) is 13.2. The van der Waals surface area contributed by atoms with Crippen LogP contribution in [0, 0.1) is 5.92 Å². The highest BCUT2D eigenvalue weighted by molar-refractivity contribution is 6.74. The Hall–Kier alpha value is -1.43. The number of ether oxygens (including phenoxy) is 1. The number of aliphatic hydroxyl groups excluding tert-OH is 1. The molecule has 0 aliphatic heterocycles. The van der Waals surface area contributed by atoms with E-state index in [9.17, 15) is 9.90 Å². The van der Waals surface area contributed by atoms with E-state index in [2.05, 4.69) is 45.5 Å². The lowest BCUT2D eigenvalue weighted by molar-refractivity contribution is -0.134. The second-order valence-electron chi connectivity index (χ2n) is 8.72. The van der Waals surface area contributed by atoms with Gasteiger partial charge in [0, 0.05) is 6.08 Å². The van der Waals surface area contributed by atoms with Crippen molar-refractivity contribution in [3.05, 3.63) is 48.0 Å². The molecular weight excluding hydrogens is 356 g/mol. The zero-order valence-electron chi connectivity index (χ0n) is 17.9. The van der Waals surface area contributed by atoms with E-state index in [0.717, 1.165) is 5.56 Å². The number of aliphatic hydroxyl groups is 1. The molecule has 0 saturated heterocycles. The molecule has 1 aromatic carbocycles. The van der Waals surface area contributed by atoms with Gasteiger partial charge in [-0.3, -0.25) is 0 Å². The Bertz CT molecular complexity index is 604. The van der Waals surface area contributed by atoms with Crippen LogP contribution >= 0.6 is 0 Å². The van der Waals surface area contributed by atoms with Gasteiger partial charge in [-0.1, -0.05) is 64.1 Å². The summed E-state index contributed by atoms with van der Waals surface area (Å²) in [7, 11) is -0.608. The smallest absolute Gasteiger partial charge is 0.330 e. The van der Waals surface area contributed by atoms with Crippen LogP contribution in [-0.2, 0) is 14.0 Å². The van der Waals surface area contributed by atoms with E-state index in [1.807, 2.05) is 36.4 Å². The molecule has 0 amide bonds. The Morgan fingerprint density at radius 2 is 1.81 bits per heavy atom. The number of hydrogen-bond donors (Lipinski definition) is 1. The van der Waals surface area contributed by atoms with Crippen molar-refractivity contribution in [3.63, 3.8) is 0 Å². The van der Waals surface area contributed by atoms with Crippen LogP contribution in [0.4, 0.5) is 0 Å². The lowest BCUT2D eigenvalue weighted by atomic mass is 9.92. The number of rotatable bonds is 9. The Balaban J connectivity index is 2.91. The first-order valence-corrected chi connectivity index (χ1v) is 12.5. The molecule has 1 aromatic rings. The number of methoxy groups -OCH3 is 1. The van der Waals surface area contributed by atoms with Gasteiger partial charge in [0.15, 0.2) is 8.32 Å². The standard InChI is InChI=1S/C22H36O4Si/c1-17(16-19(23)18-12-9-8-10-13-18)20(14-11-15-21(24)25-5)26-27(6,7)22(2,3)4/h8-13,15,17,19-20,23H,14,16H2,1-7H3/b15-11+/t17-,19?,20+/m1/s1. The number of hydrogen-bond acceptors (Lipinski definition) is 4. The van der Waals surface area contributed by atoms with Crippen molar-refractivity contribution in [2.45, 2.75) is 70.9 Å². The number of esters is 1. The summed E-state index contributed by atoms with van der Waals surface area (Å²) in [6, 6.07) is 9.70. The maximum Gasteiger partial charge on any atom is 0.330 e. The fourth-order valence-corrected chi connectivity index (χ4v) is 4.07. The maximum absolute atomic E-state index is 11.4. The predicted octanol–water partition coefficient (Wildman–Crippen LogP) is 5.26. The third kappa shape index (κ3) is 7.60. The molecule has 0 bridgehead atoms. The fraction of sp³-hybridized carbons (Fsp3) is 0.591. The summed E-state index contributed by atoms with van der Waals surface area (Å²) < 4.78 is 11.3. The van der Waals surface area contributed by atoms with Crippen molar-refractivity contribution in [1.29, 1.82) is 0 Å². The lowest BCUT2D eigenvalue weighted by Gasteiger charge is -2.41. The van der Waals surface area contributed by atoms with Crippen molar-refractivity contribution in [1.82, 2.24) is 0 Å². The molecule has 5 heteroatoms. The molecule has 0 spiro atoms. The van der Waals surface area contributed by atoms with Crippen LogP contribution in [0.1, 0.15) is 52.2 Å². The van der Waals surface area contributed by atoms with Crippen molar-refractivity contribution in [3.8, 4) is 0 Å². The van der Waals surface area contributed by atoms with Gasteiger partial charge in [-0.2, -0.15) is 0 Å². The van der Waals surface area contributed by atoms with Crippen molar-refractivity contribution in [2.75, 3.05) is 7.11 Å². The first-order chi connectivity index (χ1) is 12.5. The van der Waals surface area contributed by atoms with Gasteiger partial charge in [0.2, 0.25) is 0 Å². The molecule has 27 heavy (non-hydrogen) atoms. The van der Waals surface area contributed by atoms with Crippen LogP contribution in [0.3, 0.4) is 0 Å². The van der Waals surface area contributed by atoms with Crippen LogP contribution in [0.2, 0.25) is 18.1 Å². The van der Waals surface area contributed by atoms with Gasteiger partial charge >= 0.3 is 5.97 Å². The quantitative estimate of drug-likeness (QED) is 0.354. The number of carbonyl (C=O) groups excluding carboxylic acids is 1. The SMILES string of the molecule is COC(=O)/C=C/C[C@H](O[Si](C)(C)C(C)(C)C)[C@H](C)CC(O)c1ccccc1.